The average molecular weight is 364 g/mol. The lowest BCUT2D eigenvalue weighted by atomic mass is 10.0. The maximum atomic E-state index is 10.9. The zero-order valence-corrected chi connectivity index (χ0v) is 13.7. The molecule has 5 nitrogen and oxygen atoms in total. The van der Waals surface area contributed by atoms with E-state index in [0.29, 0.717) is 10.6 Å². The number of nitrogens with zero attached hydrogens (tertiary/aromatic N) is 3. The third kappa shape index (κ3) is 2.86. The number of nitro groups is 1. The number of thiazole rings is 1. The molecule has 0 saturated heterocycles. The quantitative estimate of drug-likeness (QED) is 0.475. The number of nitro benzene ring substituents is 1. The SMILES string of the molecule is N#CC(c1nc2ccccc2s1)c1c(Cl)cc([N+](=O)[O-])cc1Cl. The molecule has 23 heavy (non-hydrogen) atoms. The molecule has 0 aliphatic heterocycles. The number of non-ortho nitro benzene ring substituents is 1. The van der Waals surface area contributed by atoms with E-state index in [9.17, 15) is 15.4 Å². The lowest BCUT2D eigenvalue weighted by molar-refractivity contribution is -0.384. The summed E-state index contributed by atoms with van der Waals surface area (Å²) in [4.78, 5) is 14.7. The topological polar surface area (TPSA) is 79.8 Å². The molecule has 0 radical (unpaired) electrons. The van der Waals surface area contributed by atoms with Crippen LogP contribution in [0.4, 0.5) is 5.69 Å². The number of para-hydroxylation sites is 1. The Morgan fingerprint density at radius 2 is 1.91 bits per heavy atom. The molecule has 1 unspecified atom stereocenters. The highest BCUT2D eigenvalue weighted by Gasteiger charge is 2.25. The molecule has 0 spiro atoms. The molecule has 0 amide bonds. The number of nitriles is 1. The number of hydrogen-bond donors (Lipinski definition) is 0. The number of fused-ring (bicyclic) bond motifs is 1. The van der Waals surface area contributed by atoms with Crippen molar-refractivity contribution in [3.8, 4) is 6.07 Å². The number of benzene rings is 2. The van der Waals surface area contributed by atoms with Gasteiger partial charge in [0, 0.05) is 17.7 Å². The molecule has 3 rings (SSSR count). The van der Waals surface area contributed by atoms with Crippen molar-refractivity contribution >= 4 is 50.4 Å². The van der Waals surface area contributed by atoms with E-state index in [1.807, 2.05) is 24.3 Å². The van der Waals surface area contributed by atoms with Crippen molar-refractivity contribution in [1.29, 1.82) is 5.26 Å². The van der Waals surface area contributed by atoms with E-state index < -0.39 is 10.8 Å². The maximum Gasteiger partial charge on any atom is 0.272 e. The Morgan fingerprint density at radius 3 is 2.48 bits per heavy atom. The van der Waals surface area contributed by atoms with Crippen molar-refractivity contribution in [2.24, 2.45) is 0 Å². The van der Waals surface area contributed by atoms with Crippen LogP contribution in [0.2, 0.25) is 10.0 Å². The molecule has 0 N–H and O–H groups in total. The maximum absolute atomic E-state index is 10.9. The van der Waals surface area contributed by atoms with Gasteiger partial charge >= 0.3 is 0 Å². The van der Waals surface area contributed by atoms with Gasteiger partial charge in [0.2, 0.25) is 0 Å². The van der Waals surface area contributed by atoms with Gasteiger partial charge in [0.15, 0.2) is 0 Å². The molecule has 0 aliphatic rings. The summed E-state index contributed by atoms with van der Waals surface area (Å²) in [5, 5.41) is 21.1. The third-order valence-corrected chi connectivity index (χ3v) is 4.98. The Kier molecular flexibility index (Phi) is 4.18. The zero-order valence-electron chi connectivity index (χ0n) is 11.4. The summed E-state index contributed by atoms with van der Waals surface area (Å²) in [6.07, 6.45) is 0. The van der Waals surface area contributed by atoms with Gasteiger partial charge in [0.05, 0.1) is 31.3 Å². The van der Waals surface area contributed by atoms with Gasteiger partial charge in [-0.1, -0.05) is 35.3 Å². The van der Waals surface area contributed by atoms with Gasteiger partial charge in [0.1, 0.15) is 10.9 Å². The summed E-state index contributed by atoms with van der Waals surface area (Å²) in [6, 6.07) is 12.0. The van der Waals surface area contributed by atoms with E-state index in [1.54, 1.807) is 0 Å². The Hall–Kier alpha value is -2.20. The van der Waals surface area contributed by atoms with Crippen LogP contribution in [0.5, 0.6) is 0 Å². The highest BCUT2D eigenvalue weighted by Crippen LogP contribution is 2.40. The predicted molar refractivity (Wildman–Crippen MR) is 90.2 cm³/mol. The van der Waals surface area contributed by atoms with Crippen molar-refractivity contribution in [3.63, 3.8) is 0 Å². The molecule has 0 bridgehead atoms. The lowest BCUT2D eigenvalue weighted by Gasteiger charge is -2.10. The van der Waals surface area contributed by atoms with Crippen molar-refractivity contribution in [1.82, 2.24) is 4.98 Å². The van der Waals surface area contributed by atoms with Crippen LogP contribution in [-0.2, 0) is 0 Å². The van der Waals surface area contributed by atoms with Crippen LogP contribution < -0.4 is 0 Å². The molecule has 114 valence electrons. The van der Waals surface area contributed by atoms with E-state index in [2.05, 4.69) is 11.1 Å². The van der Waals surface area contributed by atoms with E-state index >= 15 is 0 Å². The third-order valence-electron chi connectivity index (χ3n) is 3.25. The van der Waals surface area contributed by atoms with Crippen molar-refractivity contribution in [2.45, 2.75) is 5.92 Å². The highest BCUT2D eigenvalue weighted by molar-refractivity contribution is 7.18. The molecule has 8 heteroatoms. The van der Waals surface area contributed by atoms with Gasteiger partial charge in [-0.2, -0.15) is 5.26 Å². The second-order valence-electron chi connectivity index (χ2n) is 4.66. The first kappa shape index (κ1) is 15.7. The van der Waals surface area contributed by atoms with Crippen LogP contribution in [0, 0.1) is 21.4 Å². The van der Waals surface area contributed by atoms with E-state index in [-0.39, 0.29) is 15.7 Å². The van der Waals surface area contributed by atoms with Crippen LogP contribution in [-0.4, -0.2) is 9.91 Å². The summed E-state index contributed by atoms with van der Waals surface area (Å²) < 4.78 is 0.942. The molecular weight excluding hydrogens is 357 g/mol. The lowest BCUT2D eigenvalue weighted by Crippen LogP contribution is -2.01. The Labute approximate surface area is 144 Å². The fraction of sp³-hybridized carbons (Fsp3) is 0.0667. The standard InChI is InChI=1S/C15H7Cl2N3O2S/c16-10-5-8(20(21)22)6-11(17)14(10)9(7-18)15-19-12-3-1-2-4-13(12)23-15/h1-6,9H. The van der Waals surface area contributed by atoms with Gasteiger partial charge in [-0.15, -0.1) is 11.3 Å². The number of rotatable bonds is 3. The number of aromatic nitrogens is 1. The molecule has 3 aromatic rings. The molecule has 1 aromatic heterocycles. The van der Waals surface area contributed by atoms with Crippen molar-refractivity contribution < 1.29 is 4.92 Å². The first-order valence-corrected chi connectivity index (χ1v) is 7.97. The van der Waals surface area contributed by atoms with E-state index in [4.69, 9.17) is 23.2 Å². The normalized spacial score (nSPS) is 12.0. The fourth-order valence-corrected chi connectivity index (χ4v) is 3.93. The Balaban J connectivity index is 2.15. The summed E-state index contributed by atoms with van der Waals surface area (Å²) in [7, 11) is 0. The minimum atomic E-state index is -0.784. The van der Waals surface area contributed by atoms with Crippen LogP contribution in [0.15, 0.2) is 36.4 Å². The first-order valence-electron chi connectivity index (χ1n) is 6.39. The summed E-state index contributed by atoms with van der Waals surface area (Å²) in [5.41, 5.74) is 0.895. The Morgan fingerprint density at radius 1 is 1.26 bits per heavy atom. The van der Waals surface area contributed by atoms with Crippen molar-refractivity contribution in [3.05, 3.63) is 67.1 Å². The zero-order chi connectivity index (χ0) is 16.6. The summed E-state index contributed by atoms with van der Waals surface area (Å²) in [5.74, 6) is -0.784. The second kappa shape index (κ2) is 6.13. The highest BCUT2D eigenvalue weighted by atomic mass is 35.5. The number of halogens is 2. The van der Waals surface area contributed by atoms with Crippen LogP contribution in [0.25, 0.3) is 10.2 Å². The molecular formula is C15H7Cl2N3O2S. The van der Waals surface area contributed by atoms with Crippen LogP contribution in [0.3, 0.4) is 0 Å². The minimum absolute atomic E-state index is 0.0787. The van der Waals surface area contributed by atoms with Crippen LogP contribution >= 0.6 is 34.5 Å². The number of hydrogen-bond acceptors (Lipinski definition) is 5. The summed E-state index contributed by atoms with van der Waals surface area (Å²) >= 11 is 13.6. The summed E-state index contributed by atoms with van der Waals surface area (Å²) in [6.45, 7) is 0. The van der Waals surface area contributed by atoms with Gasteiger partial charge in [-0.05, 0) is 12.1 Å². The molecule has 2 aromatic carbocycles. The smallest absolute Gasteiger partial charge is 0.258 e. The molecule has 0 aliphatic carbocycles. The average Bonchev–Trinajstić information content (AvgIpc) is 2.93. The van der Waals surface area contributed by atoms with Crippen molar-refractivity contribution in [2.75, 3.05) is 0 Å². The molecule has 1 heterocycles. The predicted octanol–water partition coefficient (Wildman–Crippen LogP) is 5.17. The molecule has 1 atom stereocenters. The van der Waals surface area contributed by atoms with Gasteiger partial charge in [0.25, 0.3) is 5.69 Å². The van der Waals surface area contributed by atoms with Gasteiger partial charge in [-0.3, -0.25) is 10.1 Å². The second-order valence-corrected chi connectivity index (χ2v) is 6.54. The minimum Gasteiger partial charge on any atom is -0.258 e. The van der Waals surface area contributed by atoms with E-state index in [1.165, 1.54) is 23.5 Å². The van der Waals surface area contributed by atoms with E-state index in [0.717, 1.165) is 10.2 Å². The molecule has 0 saturated carbocycles. The fourth-order valence-electron chi connectivity index (χ4n) is 2.21. The molecule has 0 fully saturated rings. The van der Waals surface area contributed by atoms with Gasteiger partial charge < -0.3 is 0 Å². The van der Waals surface area contributed by atoms with Crippen LogP contribution in [0.1, 0.15) is 16.5 Å². The largest absolute Gasteiger partial charge is 0.272 e. The first-order chi connectivity index (χ1) is 11.0. The van der Waals surface area contributed by atoms with Gasteiger partial charge in [-0.25, -0.2) is 4.98 Å². The monoisotopic (exact) mass is 363 g/mol. The Bertz CT molecular complexity index is 909.